The van der Waals surface area contributed by atoms with Crippen LogP contribution in [0.25, 0.3) is 5.69 Å². The summed E-state index contributed by atoms with van der Waals surface area (Å²) in [5.41, 5.74) is 3.57. The Hall–Kier alpha value is -1.72. The Kier molecular flexibility index (Phi) is 4.55. The fourth-order valence-electron chi connectivity index (χ4n) is 2.72. The number of rotatable bonds is 5. The van der Waals surface area contributed by atoms with Gasteiger partial charge in [0, 0.05) is 37.3 Å². The summed E-state index contributed by atoms with van der Waals surface area (Å²) in [7, 11) is 1.66. The van der Waals surface area contributed by atoms with Crippen molar-refractivity contribution >= 4 is 17.7 Å². The molecule has 0 spiro atoms. The van der Waals surface area contributed by atoms with Crippen molar-refractivity contribution in [3.8, 4) is 5.69 Å². The summed E-state index contributed by atoms with van der Waals surface area (Å²) < 4.78 is 7.25. The van der Waals surface area contributed by atoms with E-state index in [-0.39, 0.29) is 11.3 Å². The Morgan fingerprint density at radius 1 is 1.32 bits per heavy atom. The van der Waals surface area contributed by atoms with Crippen molar-refractivity contribution in [2.45, 2.75) is 12.3 Å². The fourth-order valence-corrected chi connectivity index (χ4v) is 3.92. The summed E-state index contributed by atoms with van der Waals surface area (Å²) in [5.74, 6) is 0.736. The van der Waals surface area contributed by atoms with Gasteiger partial charge in [0.15, 0.2) is 0 Å². The third-order valence-electron chi connectivity index (χ3n) is 3.90. The van der Waals surface area contributed by atoms with Crippen molar-refractivity contribution in [3.05, 3.63) is 53.9 Å². The maximum atomic E-state index is 12.0. The SMILES string of the molecule is COCCN1C(=O)CS[C@@H]1c1ccn(-c2ccccc2C)c1. The highest BCUT2D eigenvalue weighted by Crippen LogP contribution is 2.38. The standard InChI is InChI=1S/C17H20N2O2S/c1-13-5-3-4-6-15(13)18-8-7-14(11-18)17-19(9-10-21-2)16(20)12-22-17/h3-8,11,17H,9-10,12H2,1-2H3/t17-/m1/s1. The number of carbonyl (C=O) groups is 1. The van der Waals surface area contributed by atoms with Gasteiger partial charge >= 0.3 is 0 Å². The smallest absolute Gasteiger partial charge is 0.233 e. The number of hydrogen-bond donors (Lipinski definition) is 0. The summed E-state index contributed by atoms with van der Waals surface area (Å²) in [6, 6.07) is 10.4. The number of ether oxygens (including phenoxy) is 1. The topological polar surface area (TPSA) is 34.5 Å². The Morgan fingerprint density at radius 2 is 2.14 bits per heavy atom. The molecular formula is C17H20N2O2S. The normalized spacial score (nSPS) is 18.2. The van der Waals surface area contributed by atoms with Crippen LogP contribution in [0.2, 0.25) is 0 Å². The Bertz CT molecular complexity index is 668. The van der Waals surface area contributed by atoms with Gasteiger partial charge in [0.1, 0.15) is 5.37 Å². The van der Waals surface area contributed by atoms with Gasteiger partial charge in [0.05, 0.1) is 12.4 Å². The summed E-state index contributed by atoms with van der Waals surface area (Å²) in [6.07, 6.45) is 4.19. The lowest BCUT2D eigenvalue weighted by atomic mass is 10.2. The van der Waals surface area contributed by atoms with Crippen LogP contribution in [-0.4, -0.2) is 41.4 Å². The molecule has 1 aromatic heterocycles. The van der Waals surface area contributed by atoms with Crippen LogP contribution in [-0.2, 0) is 9.53 Å². The van der Waals surface area contributed by atoms with Gasteiger partial charge in [-0.3, -0.25) is 4.79 Å². The molecule has 1 amide bonds. The van der Waals surface area contributed by atoms with Gasteiger partial charge in [0.25, 0.3) is 0 Å². The van der Waals surface area contributed by atoms with E-state index in [1.165, 1.54) is 11.3 Å². The summed E-state index contributed by atoms with van der Waals surface area (Å²) in [5, 5.41) is 0.0907. The molecule has 1 aliphatic heterocycles. The van der Waals surface area contributed by atoms with E-state index in [2.05, 4.69) is 42.1 Å². The van der Waals surface area contributed by atoms with Crippen LogP contribution in [0.3, 0.4) is 0 Å². The number of benzene rings is 1. The molecule has 5 heteroatoms. The highest BCUT2D eigenvalue weighted by atomic mass is 32.2. The number of aromatic nitrogens is 1. The van der Waals surface area contributed by atoms with Gasteiger partial charge < -0.3 is 14.2 Å². The highest BCUT2D eigenvalue weighted by Gasteiger charge is 2.32. The van der Waals surface area contributed by atoms with Crippen LogP contribution < -0.4 is 0 Å². The second-order valence-electron chi connectivity index (χ2n) is 5.38. The molecule has 1 fully saturated rings. The van der Waals surface area contributed by atoms with E-state index in [4.69, 9.17) is 4.74 Å². The number of nitrogens with zero attached hydrogens (tertiary/aromatic N) is 2. The molecule has 1 aliphatic rings. The number of amides is 1. The first-order valence-electron chi connectivity index (χ1n) is 7.34. The molecule has 0 bridgehead atoms. The molecular weight excluding hydrogens is 296 g/mol. The van der Waals surface area contributed by atoms with E-state index in [0.717, 1.165) is 5.56 Å². The number of aryl methyl sites for hydroxylation is 1. The van der Waals surface area contributed by atoms with Gasteiger partial charge in [-0.15, -0.1) is 11.8 Å². The number of thioether (sulfide) groups is 1. The molecule has 1 saturated heterocycles. The zero-order chi connectivity index (χ0) is 15.5. The van der Waals surface area contributed by atoms with E-state index in [9.17, 15) is 4.79 Å². The Labute approximate surface area is 135 Å². The molecule has 0 saturated carbocycles. The first-order valence-corrected chi connectivity index (χ1v) is 8.39. The predicted molar refractivity (Wildman–Crippen MR) is 89.3 cm³/mol. The molecule has 1 aromatic carbocycles. The quantitative estimate of drug-likeness (QED) is 0.850. The maximum absolute atomic E-state index is 12.0. The van der Waals surface area contributed by atoms with Crippen LogP contribution in [0, 0.1) is 6.92 Å². The Morgan fingerprint density at radius 3 is 2.91 bits per heavy atom. The van der Waals surface area contributed by atoms with Crippen molar-refractivity contribution < 1.29 is 9.53 Å². The molecule has 2 aromatic rings. The zero-order valence-corrected chi connectivity index (χ0v) is 13.7. The molecule has 2 heterocycles. The molecule has 0 unspecified atom stereocenters. The van der Waals surface area contributed by atoms with E-state index in [1.807, 2.05) is 17.0 Å². The first kappa shape index (κ1) is 15.2. The van der Waals surface area contributed by atoms with Crippen molar-refractivity contribution in [1.29, 1.82) is 0 Å². The number of hydrogen-bond acceptors (Lipinski definition) is 3. The molecule has 0 N–H and O–H groups in total. The zero-order valence-electron chi connectivity index (χ0n) is 12.9. The largest absolute Gasteiger partial charge is 0.383 e. The maximum Gasteiger partial charge on any atom is 0.233 e. The van der Waals surface area contributed by atoms with Gasteiger partial charge in [-0.2, -0.15) is 0 Å². The third kappa shape index (κ3) is 2.91. The van der Waals surface area contributed by atoms with Gasteiger partial charge in [0.2, 0.25) is 5.91 Å². The molecule has 116 valence electrons. The molecule has 1 atom stereocenters. The summed E-state index contributed by atoms with van der Waals surface area (Å²) >= 11 is 1.68. The third-order valence-corrected chi connectivity index (χ3v) is 5.15. The van der Waals surface area contributed by atoms with Crippen LogP contribution in [0.5, 0.6) is 0 Å². The van der Waals surface area contributed by atoms with E-state index >= 15 is 0 Å². The molecule has 0 radical (unpaired) electrons. The predicted octanol–water partition coefficient (Wildman–Crippen LogP) is 3.01. The van der Waals surface area contributed by atoms with E-state index in [1.54, 1.807) is 18.9 Å². The van der Waals surface area contributed by atoms with Crippen LogP contribution in [0.4, 0.5) is 0 Å². The second kappa shape index (κ2) is 6.58. The first-order chi connectivity index (χ1) is 10.7. The van der Waals surface area contributed by atoms with Crippen molar-refractivity contribution in [1.82, 2.24) is 9.47 Å². The molecule has 4 nitrogen and oxygen atoms in total. The van der Waals surface area contributed by atoms with E-state index in [0.29, 0.717) is 18.9 Å². The van der Waals surface area contributed by atoms with Crippen molar-refractivity contribution in [2.24, 2.45) is 0 Å². The average molecular weight is 316 g/mol. The number of para-hydroxylation sites is 1. The minimum atomic E-state index is 0.0907. The molecule has 3 rings (SSSR count). The van der Waals surface area contributed by atoms with Gasteiger partial charge in [-0.25, -0.2) is 0 Å². The van der Waals surface area contributed by atoms with Gasteiger partial charge in [-0.05, 0) is 24.6 Å². The van der Waals surface area contributed by atoms with Crippen molar-refractivity contribution in [3.63, 3.8) is 0 Å². The van der Waals surface area contributed by atoms with Crippen LogP contribution >= 0.6 is 11.8 Å². The Balaban J connectivity index is 1.84. The minimum Gasteiger partial charge on any atom is -0.383 e. The van der Waals surface area contributed by atoms with E-state index < -0.39 is 0 Å². The highest BCUT2D eigenvalue weighted by molar-refractivity contribution is 8.00. The average Bonchev–Trinajstić information content (AvgIpc) is 3.12. The van der Waals surface area contributed by atoms with Crippen LogP contribution in [0.15, 0.2) is 42.7 Å². The lowest BCUT2D eigenvalue weighted by Crippen LogP contribution is -2.31. The lowest BCUT2D eigenvalue weighted by Gasteiger charge is -2.22. The number of carbonyl (C=O) groups excluding carboxylic acids is 1. The monoisotopic (exact) mass is 316 g/mol. The van der Waals surface area contributed by atoms with Crippen molar-refractivity contribution in [2.75, 3.05) is 26.0 Å². The summed E-state index contributed by atoms with van der Waals surface area (Å²) in [4.78, 5) is 13.9. The minimum absolute atomic E-state index is 0.0907. The van der Waals surface area contributed by atoms with Gasteiger partial charge in [-0.1, -0.05) is 18.2 Å². The van der Waals surface area contributed by atoms with Crippen LogP contribution in [0.1, 0.15) is 16.5 Å². The fraction of sp³-hybridized carbons (Fsp3) is 0.353. The summed E-state index contributed by atoms with van der Waals surface area (Å²) in [6.45, 7) is 3.32. The molecule has 22 heavy (non-hydrogen) atoms. The lowest BCUT2D eigenvalue weighted by molar-refractivity contribution is -0.128. The second-order valence-corrected chi connectivity index (χ2v) is 6.45. The molecule has 0 aliphatic carbocycles. The number of methoxy groups -OCH3 is 1.